The number of aromatic amines is 1. The predicted molar refractivity (Wildman–Crippen MR) is 57.2 cm³/mol. The summed E-state index contributed by atoms with van der Waals surface area (Å²) in [5, 5.41) is 6.15. The molecule has 0 aliphatic heterocycles. The van der Waals surface area contributed by atoms with Crippen LogP contribution in [0.5, 0.6) is 0 Å². The lowest BCUT2D eigenvalue weighted by Gasteiger charge is -2.04. The largest absolute Gasteiger partial charge is 0.343 e. The van der Waals surface area contributed by atoms with Gasteiger partial charge >= 0.3 is 0 Å². The third-order valence-electron chi connectivity index (χ3n) is 2.10. The summed E-state index contributed by atoms with van der Waals surface area (Å²) in [6.45, 7) is 2.08. The zero-order valence-corrected chi connectivity index (χ0v) is 8.93. The van der Waals surface area contributed by atoms with E-state index in [4.69, 9.17) is 0 Å². The maximum atomic E-state index is 4.49. The van der Waals surface area contributed by atoms with E-state index in [1.165, 1.54) is 0 Å². The fourth-order valence-electron chi connectivity index (χ4n) is 1.12. The molecule has 1 unspecified atom stereocenters. The number of thiazole rings is 1. The van der Waals surface area contributed by atoms with Crippen LogP contribution < -0.4 is 5.32 Å². The summed E-state index contributed by atoms with van der Waals surface area (Å²) >= 11 is 1.61. The number of hydrogen-bond acceptors (Lipinski definition) is 4. The number of rotatable bonds is 3. The SMILES string of the molecule is CNC(C)c1csc(-c2ncc[nH]2)n1. The topological polar surface area (TPSA) is 53.6 Å². The standard InChI is InChI=1S/C9H12N4S/c1-6(10-2)7-5-14-9(13-7)8-11-3-4-12-8/h3-6,10H,1-2H3,(H,11,12). The smallest absolute Gasteiger partial charge is 0.166 e. The van der Waals surface area contributed by atoms with Gasteiger partial charge in [-0.2, -0.15) is 0 Å². The lowest BCUT2D eigenvalue weighted by molar-refractivity contribution is 0.637. The van der Waals surface area contributed by atoms with Gasteiger partial charge in [0.05, 0.1) is 5.69 Å². The molecule has 2 aromatic rings. The second-order valence-corrected chi connectivity index (χ2v) is 3.88. The summed E-state index contributed by atoms with van der Waals surface area (Å²) < 4.78 is 0. The van der Waals surface area contributed by atoms with Crippen LogP contribution in [0.15, 0.2) is 17.8 Å². The molecule has 4 nitrogen and oxygen atoms in total. The van der Waals surface area contributed by atoms with Crippen molar-refractivity contribution in [3.8, 4) is 10.8 Å². The van der Waals surface area contributed by atoms with Crippen molar-refractivity contribution in [3.05, 3.63) is 23.5 Å². The molecule has 74 valence electrons. The van der Waals surface area contributed by atoms with E-state index in [2.05, 4.69) is 32.6 Å². The minimum absolute atomic E-state index is 0.287. The first-order chi connectivity index (χ1) is 6.81. The molecule has 0 spiro atoms. The average molecular weight is 208 g/mol. The summed E-state index contributed by atoms with van der Waals surface area (Å²) in [6, 6.07) is 0.287. The molecule has 14 heavy (non-hydrogen) atoms. The van der Waals surface area contributed by atoms with Gasteiger partial charge < -0.3 is 10.3 Å². The number of imidazole rings is 1. The highest BCUT2D eigenvalue weighted by molar-refractivity contribution is 7.13. The Hall–Kier alpha value is -1.20. The first kappa shape index (κ1) is 9.36. The summed E-state index contributed by atoms with van der Waals surface area (Å²) in [5.41, 5.74) is 1.06. The summed E-state index contributed by atoms with van der Waals surface area (Å²) in [6.07, 6.45) is 3.54. The molecule has 0 amide bonds. The highest BCUT2D eigenvalue weighted by Gasteiger charge is 2.10. The Morgan fingerprint density at radius 3 is 3.07 bits per heavy atom. The van der Waals surface area contributed by atoms with E-state index in [1.807, 2.05) is 7.05 Å². The molecule has 5 heteroatoms. The molecule has 0 radical (unpaired) electrons. The van der Waals surface area contributed by atoms with E-state index < -0.39 is 0 Å². The first-order valence-corrected chi connectivity index (χ1v) is 5.31. The molecule has 0 aromatic carbocycles. The van der Waals surface area contributed by atoms with Crippen LogP contribution in [-0.2, 0) is 0 Å². The van der Waals surface area contributed by atoms with Crippen LogP contribution in [0.3, 0.4) is 0 Å². The van der Waals surface area contributed by atoms with Crippen molar-refractivity contribution in [1.29, 1.82) is 0 Å². The molecule has 2 rings (SSSR count). The van der Waals surface area contributed by atoms with Gasteiger partial charge in [-0.15, -0.1) is 11.3 Å². The van der Waals surface area contributed by atoms with Gasteiger partial charge in [-0.25, -0.2) is 9.97 Å². The molecule has 0 fully saturated rings. The molecule has 0 aliphatic rings. The van der Waals surface area contributed by atoms with Crippen LogP contribution in [-0.4, -0.2) is 22.0 Å². The van der Waals surface area contributed by atoms with Gasteiger partial charge in [-0.1, -0.05) is 0 Å². The Kier molecular flexibility index (Phi) is 2.60. The lowest BCUT2D eigenvalue weighted by atomic mass is 10.3. The third kappa shape index (κ3) is 1.69. The molecule has 0 saturated carbocycles. The van der Waals surface area contributed by atoms with Gasteiger partial charge in [0.2, 0.25) is 0 Å². The monoisotopic (exact) mass is 208 g/mol. The summed E-state index contributed by atoms with van der Waals surface area (Å²) in [7, 11) is 1.93. The average Bonchev–Trinajstić information content (AvgIpc) is 2.86. The molecule has 2 heterocycles. The van der Waals surface area contributed by atoms with Gasteiger partial charge in [-0.3, -0.25) is 0 Å². The molecular weight excluding hydrogens is 196 g/mol. The highest BCUT2D eigenvalue weighted by Crippen LogP contribution is 2.22. The zero-order chi connectivity index (χ0) is 9.97. The van der Waals surface area contributed by atoms with Crippen LogP contribution in [0.25, 0.3) is 10.8 Å². The van der Waals surface area contributed by atoms with Crippen molar-refractivity contribution in [2.45, 2.75) is 13.0 Å². The van der Waals surface area contributed by atoms with E-state index in [0.29, 0.717) is 0 Å². The van der Waals surface area contributed by atoms with Crippen molar-refractivity contribution >= 4 is 11.3 Å². The van der Waals surface area contributed by atoms with E-state index in [-0.39, 0.29) is 6.04 Å². The first-order valence-electron chi connectivity index (χ1n) is 4.43. The maximum Gasteiger partial charge on any atom is 0.166 e. The molecule has 0 bridgehead atoms. The summed E-state index contributed by atoms with van der Waals surface area (Å²) in [5.74, 6) is 0.838. The van der Waals surface area contributed by atoms with Gasteiger partial charge in [0.15, 0.2) is 10.8 Å². The number of nitrogens with one attached hydrogen (secondary N) is 2. The molecule has 0 aliphatic carbocycles. The van der Waals surface area contributed by atoms with Gasteiger partial charge in [-0.05, 0) is 14.0 Å². The zero-order valence-electron chi connectivity index (χ0n) is 8.11. The summed E-state index contributed by atoms with van der Waals surface area (Å²) in [4.78, 5) is 11.7. The number of H-pyrrole nitrogens is 1. The van der Waals surface area contributed by atoms with Gasteiger partial charge in [0, 0.05) is 23.8 Å². The Labute approximate surface area is 86.4 Å². The number of hydrogen-bond donors (Lipinski definition) is 2. The quantitative estimate of drug-likeness (QED) is 0.809. The van der Waals surface area contributed by atoms with Crippen molar-refractivity contribution in [3.63, 3.8) is 0 Å². The minimum atomic E-state index is 0.287. The normalized spacial score (nSPS) is 13.0. The molecule has 2 N–H and O–H groups in total. The molecular formula is C9H12N4S. The fourth-order valence-corrected chi connectivity index (χ4v) is 1.99. The Morgan fingerprint density at radius 1 is 1.57 bits per heavy atom. The molecule has 1 atom stereocenters. The van der Waals surface area contributed by atoms with Crippen LogP contribution in [0.4, 0.5) is 0 Å². The second kappa shape index (κ2) is 3.89. The Morgan fingerprint density at radius 2 is 2.43 bits per heavy atom. The highest BCUT2D eigenvalue weighted by atomic mass is 32.1. The Bertz CT molecular complexity index is 393. The predicted octanol–water partition coefficient (Wildman–Crippen LogP) is 1.81. The van der Waals surface area contributed by atoms with Crippen LogP contribution in [0, 0.1) is 0 Å². The number of nitrogens with zero attached hydrogens (tertiary/aromatic N) is 2. The van der Waals surface area contributed by atoms with E-state index in [1.54, 1.807) is 23.7 Å². The van der Waals surface area contributed by atoms with E-state index >= 15 is 0 Å². The van der Waals surface area contributed by atoms with Crippen molar-refractivity contribution in [2.24, 2.45) is 0 Å². The van der Waals surface area contributed by atoms with E-state index in [0.717, 1.165) is 16.5 Å². The Balaban J connectivity index is 2.26. The van der Waals surface area contributed by atoms with E-state index in [9.17, 15) is 0 Å². The fraction of sp³-hybridized carbons (Fsp3) is 0.333. The lowest BCUT2D eigenvalue weighted by Crippen LogP contribution is -2.12. The molecule has 2 aromatic heterocycles. The second-order valence-electron chi connectivity index (χ2n) is 3.03. The van der Waals surface area contributed by atoms with Crippen LogP contribution in [0.2, 0.25) is 0 Å². The number of aromatic nitrogens is 3. The van der Waals surface area contributed by atoms with Crippen molar-refractivity contribution < 1.29 is 0 Å². The van der Waals surface area contributed by atoms with Crippen LogP contribution in [0.1, 0.15) is 18.7 Å². The van der Waals surface area contributed by atoms with Crippen molar-refractivity contribution in [1.82, 2.24) is 20.3 Å². The van der Waals surface area contributed by atoms with Crippen molar-refractivity contribution in [2.75, 3.05) is 7.05 Å². The van der Waals surface area contributed by atoms with Gasteiger partial charge in [0.25, 0.3) is 0 Å². The molecule has 0 saturated heterocycles. The van der Waals surface area contributed by atoms with Crippen LogP contribution >= 0.6 is 11.3 Å². The minimum Gasteiger partial charge on any atom is -0.343 e. The maximum absolute atomic E-state index is 4.49. The van der Waals surface area contributed by atoms with Gasteiger partial charge in [0.1, 0.15) is 0 Å². The third-order valence-corrected chi connectivity index (χ3v) is 2.97.